The van der Waals surface area contributed by atoms with E-state index in [0.717, 1.165) is 11.1 Å². The summed E-state index contributed by atoms with van der Waals surface area (Å²) in [6.45, 7) is 2.51. The van der Waals surface area contributed by atoms with Crippen LogP contribution in [0.1, 0.15) is 30.5 Å². The molecule has 2 aromatic rings. The minimum absolute atomic E-state index is 0.0246. The second-order valence-electron chi connectivity index (χ2n) is 5.50. The van der Waals surface area contributed by atoms with Gasteiger partial charge in [0.05, 0.1) is 18.4 Å². The molecule has 1 amide bonds. The summed E-state index contributed by atoms with van der Waals surface area (Å²) in [5.41, 5.74) is 1.75. The number of rotatable bonds is 2. The first-order valence-electron chi connectivity index (χ1n) is 7.31. The lowest BCUT2D eigenvalue weighted by molar-refractivity contribution is -0.129. The molecule has 5 nitrogen and oxygen atoms in total. The van der Waals surface area contributed by atoms with Crippen LogP contribution in [-0.4, -0.2) is 27.3 Å². The number of carbonyl (C=O) groups is 1. The van der Waals surface area contributed by atoms with Gasteiger partial charge in [-0.25, -0.2) is 9.37 Å². The van der Waals surface area contributed by atoms with E-state index in [1.165, 1.54) is 25.3 Å². The fourth-order valence-corrected chi connectivity index (χ4v) is 2.93. The van der Waals surface area contributed by atoms with Crippen LogP contribution in [0.4, 0.5) is 10.2 Å². The second-order valence-corrected chi connectivity index (χ2v) is 5.88. The number of nitrogens with one attached hydrogen (secondary N) is 1. The smallest absolute Gasteiger partial charge is 0.219 e. The molecule has 1 aliphatic heterocycles. The highest BCUT2D eigenvalue weighted by atomic mass is 35.5. The molecular formula is C16H16ClFN4O. The molecule has 0 spiro atoms. The van der Waals surface area contributed by atoms with Crippen LogP contribution in [0.15, 0.2) is 30.6 Å². The number of hydrogen-bond acceptors (Lipinski definition) is 4. The predicted molar refractivity (Wildman–Crippen MR) is 85.5 cm³/mol. The van der Waals surface area contributed by atoms with Crippen molar-refractivity contribution in [3.05, 3.63) is 52.7 Å². The zero-order chi connectivity index (χ0) is 16.4. The monoisotopic (exact) mass is 334 g/mol. The molecule has 0 aliphatic carbocycles. The van der Waals surface area contributed by atoms with E-state index in [2.05, 4.69) is 15.3 Å². The average Bonchev–Trinajstić information content (AvgIpc) is 2.67. The maximum Gasteiger partial charge on any atom is 0.219 e. The van der Waals surface area contributed by atoms with Crippen molar-refractivity contribution < 1.29 is 9.18 Å². The van der Waals surface area contributed by atoms with Crippen molar-refractivity contribution in [3.8, 4) is 0 Å². The Morgan fingerprint density at radius 3 is 3.00 bits per heavy atom. The number of nitrogens with zero attached hydrogens (tertiary/aromatic N) is 3. The van der Waals surface area contributed by atoms with Crippen LogP contribution in [-0.2, 0) is 11.3 Å². The molecule has 0 bridgehead atoms. The van der Waals surface area contributed by atoms with Gasteiger partial charge in [-0.3, -0.25) is 9.78 Å². The first-order valence-corrected chi connectivity index (χ1v) is 7.68. The molecule has 1 aliphatic rings. The SMILES string of the molecule is CC(=O)N1CCC(Nc2cncc(Cl)n2)c2ccc(F)cc2C1. The lowest BCUT2D eigenvalue weighted by Crippen LogP contribution is -2.28. The molecule has 3 rings (SSSR count). The van der Waals surface area contributed by atoms with Crippen molar-refractivity contribution in [1.82, 2.24) is 14.9 Å². The van der Waals surface area contributed by atoms with Gasteiger partial charge in [-0.05, 0) is 29.7 Å². The highest BCUT2D eigenvalue weighted by Crippen LogP contribution is 2.30. The van der Waals surface area contributed by atoms with Crippen LogP contribution in [0.25, 0.3) is 0 Å². The van der Waals surface area contributed by atoms with Gasteiger partial charge in [0.1, 0.15) is 16.8 Å². The van der Waals surface area contributed by atoms with Gasteiger partial charge in [0, 0.05) is 20.0 Å². The summed E-state index contributed by atoms with van der Waals surface area (Å²) < 4.78 is 13.6. The number of carbonyl (C=O) groups excluding carboxylic acids is 1. The largest absolute Gasteiger partial charge is 0.362 e. The maximum absolute atomic E-state index is 13.6. The molecule has 23 heavy (non-hydrogen) atoms. The molecule has 1 N–H and O–H groups in total. The minimum Gasteiger partial charge on any atom is -0.362 e. The third-order valence-corrected chi connectivity index (χ3v) is 4.08. The molecular weight excluding hydrogens is 319 g/mol. The van der Waals surface area contributed by atoms with E-state index in [4.69, 9.17) is 11.6 Å². The first kappa shape index (κ1) is 15.7. The summed E-state index contributed by atoms with van der Waals surface area (Å²) in [6, 6.07) is 4.57. The zero-order valence-electron chi connectivity index (χ0n) is 12.6. The third kappa shape index (κ3) is 3.59. The number of aromatic nitrogens is 2. The van der Waals surface area contributed by atoms with Gasteiger partial charge >= 0.3 is 0 Å². The predicted octanol–water partition coefficient (Wildman–Crippen LogP) is 3.17. The Kier molecular flexibility index (Phi) is 4.43. The second kappa shape index (κ2) is 6.50. The number of benzene rings is 1. The topological polar surface area (TPSA) is 58.1 Å². The third-order valence-electron chi connectivity index (χ3n) is 3.90. The zero-order valence-corrected chi connectivity index (χ0v) is 13.3. The van der Waals surface area contributed by atoms with Gasteiger partial charge in [-0.1, -0.05) is 17.7 Å². The first-order chi connectivity index (χ1) is 11.0. The molecule has 2 heterocycles. The van der Waals surface area contributed by atoms with Gasteiger partial charge < -0.3 is 10.2 Å². The summed E-state index contributed by atoms with van der Waals surface area (Å²) in [5, 5.41) is 3.58. The Morgan fingerprint density at radius 2 is 2.26 bits per heavy atom. The van der Waals surface area contributed by atoms with Crippen LogP contribution >= 0.6 is 11.6 Å². The standard InChI is InChI=1S/C16H16ClFN4O/c1-10(23)22-5-4-14(20-16-8-19-7-15(17)21-16)13-3-2-12(18)6-11(13)9-22/h2-3,6-8,14H,4-5,9H2,1H3,(H,20,21). The van der Waals surface area contributed by atoms with E-state index in [1.54, 1.807) is 17.2 Å². The molecule has 0 fully saturated rings. The maximum atomic E-state index is 13.6. The molecule has 120 valence electrons. The Morgan fingerprint density at radius 1 is 1.43 bits per heavy atom. The average molecular weight is 335 g/mol. The molecule has 1 aromatic carbocycles. The molecule has 7 heteroatoms. The van der Waals surface area contributed by atoms with Gasteiger partial charge in [0.25, 0.3) is 0 Å². The van der Waals surface area contributed by atoms with Crippen LogP contribution in [0.3, 0.4) is 0 Å². The number of fused-ring (bicyclic) bond motifs is 1. The Bertz CT molecular complexity index is 740. The lowest BCUT2D eigenvalue weighted by Gasteiger charge is -2.20. The van der Waals surface area contributed by atoms with Crippen LogP contribution in [0, 0.1) is 5.82 Å². The molecule has 0 saturated heterocycles. The summed E-state index contributed by atoms with van der Waals surface area (Å²) >= 11 is 5.86. The van der Waals surface area contributed by atoms with Crippen molar-refractivity contribution in [2.75, 3.05) is 11.9 Å². The Labute approximate surface area is 138 Å². The quantitative estimate of drug-likeness (QED) is 0.916. The number of hydrogen-bond donors (Lipinski definition) is 1. The van der Waals surface area contributed by atoms with E-state index >= 15 is 0 Å². The van der Waals surface area contributed by atoms with Gasteiger partial charge in [-0.2, -0.15) is 0 Å². The summed E-state index contributed by atoms with van der Waals surface area (Å²) in [6.07, 6.45) is 3.73. The fourth-order valence-electron chi connectivity index (χ4n) is 2.79. The number of anilines is 1. The van der Waals surface area contributed by atoms with E-state index < -0.39 is 0 Å². The van der Waals surface area contributed by atoms with Crippen molar-refractivity contribution in [3.63, 3.8) is 0 Å². The Hall–Kier alpha value is -2.21. The normalized spacial score (nSPS) is 17.3. The minimum atomic E-state index is -0.310. The van der Waals surface area contributed by atoms with Crippen molar-refractivity contribution in [2.45, 2.75) is 25.9 Å². The summed E-state index contributed by atoms with van der Waals surface area (Å²) in [5.74, 6) is 0.216. The van der Waals surface area contributed by atoms with E-state index in [1.807, 2.05) is 0 Å². The van der Waals surface area contributed by atoms with Crippen LogP contribution in [0.5, 0.6) is 0 Å². The molecule has 0 radical (unpaired) electrons. The number of halogens is 2. The molecule has 1 unspecified atom stereocenters. The summed E-state index contributed by atoms with van der Waals surface area (Å²) in [7, 11) is 0. The Balaban J connectivity index is 1.93. The number of amides is 1. The molecule has 1 atom stereocenters. The van der Waals surface area contributed by atoms with Crippen LogP contribution < -0.4 is 5.32 Å². The highest BCUT2D eigenvalue weighted by Gasteiger charge is 2.24. The van der Waals surface area contributed by atoms with Gasteiger partial charge in [0.2, 0.25) is 5.91 Å². The van der Waals surface area contributed by atoms with Crippen molar-refractivity contribution in [1.29, 1.82) is 0 Å². The summed E-state index contributed by atoms with van der Waals surface area (Å²) in [4.78, 5) is 21.6. The van der Waals surface area contributed by atoms with Crippen LogP contribution in [0.2, 0.25) is 5.15 Å². The lowest BCUT2D eigenvalue weighted by atomic mass is 9.99. The van der Waals surface area contributed by atoms with E-state index in [-0.39, 0.29) is 17.8 Å². The van der Waals surface area contributed by atoms with Gasteiger partial charge in [0.15, 0.2) is 0 Å². The van der Waals surface area contributed by atoms with Gasteiger partial charge in [-0.15, -0.1) is 0 Å². The molecule has 0 saturated carbocycles. The fraction of sp³-hybridized carbons (Fsp3) is 0.312. The van der Waals surface area contributed by atoms with E-state index in [0.29, 0.717) is 30.5 Å². The molecule has 1 aromatic heterocycles. The van der Waals surface area contributed by atoms with Crippen molar-refractivity contribution in [2.24, 2.45) is 0 Å². The van der Waals surface area contributed by atoms with E-state index in [9.17, 15) is 9.18 Å². The highest BCUT2D eigenvalue weighted by molar-refractivity contribution is 6.29. The van der Waals surface area contributed by atoms with Crippen molar-refractivity contribution >= 4 is 23.3 Å².